The number of rotatable bonds is 8. The molecule has 0 bridgehead atoms. The first-order valence-electron chi connectivity index (χ1n) is 12.9. The van der Waals surface area contributed by atoms with E-state index in [9.17, 15) is 9.59 Å². The van der Waals surface area contributed by atoms with Gasteiger partial charge in [-0.1, -0.05) is 93.8 Å². The molecular weight excluding hydrogens is 663 g/mol. The van der Waals surface area contributed by atoms with Gasteiger partial charge in [0, 0.05) is 10.0 Å². The highest BCUT2D eigenvalue weighted by molar-refractivity contribution is 9.10. The van der Waals surface area contributed by atoms with Crippen LogP contribution in [-0.2, 0) is 16.1 Å². The predicted octanol–water partition coefficient (Wildman–Crippen LogP) is 6.46. The molecule has 2 heterocycles. The number of nitrogens with zero attached hydrogens (tertiary/aromatic N) is 2. The molecule has 0 saturated carbocycles. The summed E-state index contributed by atoms with van der Waals surface area (Å²) in [7, 11) is 2.88. The summed E-state index contributed by atoms with van der Waals surface area (Å²) < 4.78 is 19.7. The number of esters is 1. The quantitative estimate of drug-likeness (QED) is 0.199. The first kappa shape index (κ1) is 30.1. The van der Waals surface area contributed by atoms with Gasteiger partial charge in [-0.05, 0) is 47.9 Å². The van der Waals surface area contributed by atoms with Gasteiger partial charge in [-0.25, -0.2) is 9.79 Å². The molecule has 1 aliphatic rings. The predicted molar refractivity (Wildman–Crippen MR) is 168 cm³/mol. The van der Waals surface area contributed by atoms with Crippen LogP contribution in [0.5, 0.6) is 11.5 Å². The summed E-state index contributed by atoms with van der Waals surface area (Å²) in [5.41, 5.74) is 2.84. The molecular formula is C31H25BrCl2N2O5S. The second-order valence-corrected chi connectivity index (χ2v) is 12.0. The van der Waals surface area contributed by atoms with Crippen molar-refractivity contribution in [3.8, 4) is 11.5 Å². The Bertz CT molecular complexity index is 1890. The number of halogens is 3. The third-order valence-corrected chi connectivity index (χ3v) is 8.87. The number of allylic oxidation sites excluding steroid dienone is 1. The van der Waals surface area contributed by atoms with Gasteiger partial charge in [0.25, 0.3) is 5.56 Å². The van der Waals surface area contributed by atoms with Crippen LogP contribution in [0, 0.1) is 0 Å². The van der Waals surface area contributed by atoms with Crippen molar-refractivity contribution in [1.82, 2.24) is 4.57 Å². The SMILES string of the molecule is CCC1=C(C(=O)OC)[C@H](c2ccccc2)n2c(s/c(=C/c3cc(Br)cc(OC)c3OCc3ccc(Cl)c(Cl)c3)c2=O)=N1. The number of aromatic nitrogens is 1. The fourth-order valence-corrected chi connectivity index (χ4v) is 6.53. The van der Waals surface area contributed by atoms with Crippen molar-refractivity contribution in [1.29, 1.82) is 0 Å². The second kappa shape index (κ2) is 12.9. The molecule has 0 saturated heterocycles. The molecule has 1 aliphatic heterocycles. The molecule has 5 rings (SSSR count). The Kier molecular flexibility index (Phi) is 9.22. The minimum Gasteiger partial charge on any atom is -0.493 e. The van der Waals surface area contributed by atoms with Crippen LogP contribution in [0.4, 0.5) is 0 Å². The van der Waals surface area contributed by atoms with Crippen LogP contribution in [0.3, 0.4) is 0 Å². The number of thiazole rings is 1. The zero-order valence-corrected chi connectivity index (χ0v) is 26.7. The van der Waals surface area contributed by atoms with Crippen molar-refractivity contribution in [3.63, 3.8) is 0 Å². The van der Waals surface area contributed by atoms with Crippen molar-refractivity contribution < 1.29 is 19.0 Å². The monoisotopic (exact) mass is 686 g/mol. The minimum absolute atomic E-state index is 0.188. The van der Waals surface area contributed by atoms with E-state index in [-0.39, 0.29) is 12.2 Å². The molecule has 11 heteroatoms. The summed E-state index contributed by atoms with van der Waals surface area (Å²) in [5, 5.41) is 0.876. The molecule has 0 unspecified atom stereocenters. The highest BCUT2D eigenvalue weighted by Gasteiger charge is 2.33. The van der Waals surface area contributed by atoms with Crippen LogP contribution in [0.15, 0.2) is 86.2 Å². The highest BCUT2D eigenvalue weighted by Crippen LogP contribution is 2.37. The average molecular weight is 688 g/mol. The Morgan fingerprint density at radius 1 is 1.10 bits per heavy atom. The lowest BCUT2D eigenvalue weighted by molar-refractivity contribution is -0.136. The Labute approximate surface area is 264 Å². The van der Waals surface area contributed by atoms with Gasteiger partial charge in [-0.2, -0.15) is 0 Å². The van der Waals surface area contributed by atoms with Crippen molar-refractivity contribution >= 4 is 62.5 Å². The molecule has 0 radical (unpaired) electrons. The van der Waals surface area contributed by atoms with Crippen LogP contribution in [0.2, 0.25) is 10.0 Å². The van der Waals surface area contributed by atoms with E-state index >= 15 is 0 Å². The van der Waals surface area contributed by atoms with Gasteiger partial charge in [-0.15, -0.1) is 0 Å². The van der Waals surface area contributed by atoms with Gasteiger partial charge < -0.3 is 14.2 Å². The summed E-state index contributed by atoms with van der Waals surface area (Å²) in [6.07, 6.45) is 2.24. The van der Waals surface area contributed by atoms with Crippen LogP contribution in [0.25, 0.3) is 6.08 Å². The standard InChI is InChI=1S/C31H25BrCl2N2O5S/c1-4-23-26(30(38)40-3)27(18-8-6-5-7-9-18)36-29(37)25(42-31(36)35-23)14-19-13-20(32)15-24(39-2)28(19)41-16-17-10-11-21(33)22(34)12-17/h5-15,27H,4,16H2,1-3H3/b25-14+/t27-/m0/s1. The van der Waals surface area contributed by atoms with Gasteiger partial charge in [0.05, 0.1) is 46.1 Å². The molecule has 4 aromatic rings. The molecule has 3 aromatic carbocycles. The molecule has 0 fully saturated rings. The maximum atomic E-state index is 14.0. The largest absolute Gasteiger partial charge is 0.493 e. The third-order valence-electron chi connectivity index (χ3n) is 6.69. The second-order valence-electron chi connectivity index (χ2n) is 9.26. The third kappa shape index (κ3) is 5.92. The number of carbonyl (C=O) groups is 1. The molecule has 216 valence electrons. The van der Waals surface area contributed by atoms with E-state index in [0.717, 1.165) is 15.6 Å². The Hall–Kier alpha value is -3.37. The first-order valence-corrected chi connectivity index (χ1v) is 15.2. The number of fused-ring (bicyclic) bond motifs is 1. The lowest BCUT2D eigenvalue weighted by atomic mass is 9.95. The fourth-order valence-electron chi connectivity index (χ4n) is 4.74. The van der Waals surface area contributed by atoms with E-state index < -0.39 is 12.0 Å². The summed E-state index contributed by atoms with van der Waals surface area (Å²) in [4.78, 5) is 32.3. The van der Waals surface area contributed by atoms with Gasteiger partial charge in [-0.3, -0.25) is 9.36 Å². The van der Waals surface area contributed by atoms with Crippen LogP contribution >= 0.6 is 50.5 Å². The molecule has 0 aliphatic carbocycles. The summed E-state index contributed by atoms with van der Waals surface area (Å²) >= 11 is 17.0. The highest BCUT2D eigenvalue weighted by atomic mass is 79.9. The smallest absolute Gasteiger partial charge is 0.338 e. The molecule has 42 heavy (non-hydrogen) atoms. The molecule has 7 nitrogen and oxygen atoms in total. The van der Waals surface area contributed by atoms with Gasteiger partial charge in [0.1, 0.15) is 6.61 Å². The van der Waals surface area contributed by atoms with Gasteiger partial charge in [0.2, 0.25) is 0 Å². The molecule has 1 atom stereocenters. The van der Waals surface area contributed by atoms with E-state index in [4.69, 9.17) is 42.4 Å². The molecule has 0 spiro atoms. The minimum atomic E-state index is -0.686. The first-order chi connectivity index (χ1) is 20.2. The topological polar surface area (TPSA) is 79.1 Å². The lowest BCUT2D eigenvalue weighted by Crippen LogP contribution is -2.40. The van der Waals surface area contributed by atoms with Gasteiger partial charge in [0.15, 0.2) is 16.3 Å². The summed E-state index contributed by atoms with van der Waals surface area (Å²) in [6.45, 7) is 2.11. The maximum Gasteiger partial charge on any atom is 0.338 e. The molecule has 0 amide bonds. The van der Waals surface area contributed by atoms with Crippen molar-refractivity contribution in [2.75, 3.05) is 14.2 Å². The fraction of sp³-hybridized carbons (Fsp3) is 0.194. The van der Waals surface area contributed by atoms with E-state index in [1.807, 2.05) is 49.4 Å². The molecule has 1 aromatic heterocycles. The lowest BCUT2D eigenvalue weighted by Gasteiger charge is -2.25. The average Bonchev–Trinajstić information content (AvgIpc) is 3.31. The van der Waals surface area contributed by atoms with E-state index in [2.05, 4.69) is 15.9 Å². The Balaban J connectivity index is 1.67. The normalized spacial score (nSPS) is 14.8. The summed E-state index contributed by atoms with van der Waals surface area (Å²) in [6, 6.07) is 17.6. The zero-order valence-electron chi connectivity index (χ0n) is 22.8. The van der Waals surface area contributed by atoms with Gasteiger partial charge >= 0.3 is 5.97 Å². The van der Waals surface area contributed by atoms with Crippen molar-refractivity contribution in [2.45, 2.75) is 26.0 Å². The van der Waals surface area contributed by atoms with Crippen LogP contribution in [-0.4, -0.2) is 24.8 Å². The number of hydrogen-bond donors (Lipinski definition) is 0. The number of hydrogen-bond acceptors (Lipinski definition) is 7. The number of benzene rings is 3. The van der Waals surface area contributed by atoms with Crippen molar-refractivity contribution in [2.24, 2.45) is 4.99 Å². The number of carbonyl (C=O) groups excluding carboxylic acids is 1. The molecule has 0 N–H and O–H groups in total. The maximum absolute atomic E-state index is 14.0. The summed E-state index contributed by atoms with van der Waals surface area (Å²) in [5.74, 6) is 0.405. The Morgan fingerprint density at radius 2 is 1.86 bits per heavy atom. The van der Waals surface area contributed by atoms with Crippen molar-refractivity contribution in [3.05, 3.63) is 123 Å². The Morgan fingerprint density at radius 3 is 2.52 bits per heavy atom. The van der Waals surface area contributed by atoms with Crippen LogP contribution < -0.4 is 24.4 Å². The number of ether oxygens (including phenoxy) is 3. The number of methoxy groups -OCH3 is 2. The van der Waals surface area contributed by atoms with E-state index in [1.54, 1.807) is 36.0 Å². The van der Waals surface area contributed by atoms with Crippen LogP contribution in [0.1, 0.15) is 36.1 Å². The van der Waals surface area contributed by atoms with E-state index in [1.165, 1.54) is 18.4 Å². The zero-order chi connectivity index (χ0) is 30.0. The van der Waals surface area contributed by atoms with E-state index in [0.29, 0.717) is 54.1 Å².